The molecule has 5 heteroatoms. The Labute approximate surface area is 126 Å². The van der Waals surface area contributed by atoms with Crippen molar-refractivity contribution < 1.29 is 9.90 Å². The first-order chi connectivity index (χ1) is 10.7. The molecule has 0 unspecified atom stereocenters. The third-order valence-corrected chi connectivity index (χ3v) is 3.29. The van der Waals surface area contributed by atoms with E-state index in [9.17, 15) is 9.90 Å². The Morgan fingerprint density at radius 1 is 1.14 bits per heavy atom. The van der Waals surface area contributed by atoms with Crippen molar-refractivity contribution in [3.05, 3.63) is 65.9 Å². The Hall–Kier alpha value is -3.39. The minimum atomic E-state index is -0.493. The van der Waals surface area contributed by atoms with Crippen LogP contribution in [0.25, 0.3) is 10.9 Å². The van der Waals surface area contributed by atoms with Crippen molar-refractivity contribution in [1.29, 1.82) is 5.26 Å². The molecule has 0 radical (unpaired) electrons. The van der Waals surface area contributed by atoms with Crippen molar-refractivity contribution in [3.8, 4) is 11.8 Å². The number of nitrogens with one attached hydrogen (secondary N) is 1. The molecule has 0 aliphatic heterocycles. The molecule has 1 amide bonds. The number of nitrogens with zero attached hydrogens (tertiary/aromatic N) is 2. The number of pyridine rings is 1. The molecule has 0 spiro atoms. The number of carbonyl (C=O) groups excluding carboxylic acids is 1. The summed E-state index contributed by atoms with van der Waals surface area (Å²) in [4.78, 5) is 16.4. The van der Waals surface area contributed by atoms with Crippen LogP contribution >= 0.6 is 0 Å². The van der Waals surface area contributed by atoms with Crippen molar-refractivity contribution in [2.75, 3.05) is 5.32 Å². The van der Waals surface area contributed by atoms with E-state index in [2.05, 4.69) is 10.3 Å². The second-order valence-electron chi connectivity index (χ2n) is 4.65. The minimum absolute atomic E-state index is 0.110. The molecule has 2 N–H and O–H groups in total. The maximum atomic E-state index is 12.3. The van der Waals surface area contributed by atoms with Crippen LogP contribution in [0.2, 0.25) is 0 Å². The summed E-state index contributed by atoms with van der Waals surface area (Å²) < 4.78 is 0. The van der Waals surface area contributed by atoms with Gasteiger partial charge in [-0.3, -0.25) is 9.78 Å². The Bertz CT molecular complexity index is 913. The number of rotatable bonds is 2. The minimum Gasteiger partial charge on any atom is -0.505 e. The number of carbonyl (C=O) groups is 1. The van der Waals surface area contributed by atoms with E-state index in [1.165, 1.54) is 6.07 Å². The number of hydrogen-bond acceptors (Lipinski definition) is 4. The summed E-state index contributed by atoms with van der Waals surface area (Å²) in [5.74, 6) is -0.669. The average molecular weight is 289 g/mol. The number of aromatic hydroxyl groups is 1. The van der Waals surface area contributed by atoms with Gasteiger partial charge in [-0.1, -0.05) is 24.3 Å². The van der Waals surface area contributed by atoms with E-state index in [0.717, 1.165) is 5.39 Å². The number of nitriles is 1. The van der Waals surface area contributed by atoms with Crippen LogP contribution < -0.4 is 5.32 Å². The molecule has 5 nitrogen and oxygen atoms in total. The Kier molecular flexibility index (Phi) is 3.42. The SMILES string of the molecule is N#Cc1ccccc1NC(=O)c1ccc2cccnc2c1O. The normalized spacial score (nSPS) is 10.1. The molecule has 0 aliphatic rings. The predicted molar refractivity (Wildman–Crippen MR) is 82.5 cm³/mol. The van der Waals surface area contributed by atoms with Gasteiger partial charge in [0.15, 0.2) is 5.75 Å². The monoisotopic (exact) mass is 289 g/mol. The highest BCUT2D eigenvalue weighted by Gasteiger charge is 2.15. The molecule has 3 aromatic rings. The fraction of sp³-hybridized carbons (Fsp3) is 0. The van der Waals surface area contributed by atoms with E-state index in [1.807, 2.05) is 6.07 Å². The third-order valence-electron chi connectivity index (χ3n) is 3.29. The van der Waals surface area contributed by atoms with Crippen molar-refractivity contribution >= 4 is 22.5 Å². The number of aromatic nitrogens is 1. The Balaban J connectivity index is 1.99. The van der Waals surface area contributed by atoms with E-state index >= 15 is 0 Å². The summed E-state index contributed by atoms with van der Waals surface area (Å²) in [6.45, 7) is 0. The van der Waals surface area contributed by atoms with Gasteiger partial charge in [0.05, 0.1) is 16.8 Å². The topological polar surface area (TPSA) is 86.0 Å². The molecule has 0 aliphatic carbocycles. The van der Waals surface area contributed by atoms with Crippen LogP contribution in [0.1, 0.15) is 15.9 Å². The lowest BCUT2D eigenvalue weighted by molar-refractivity contribution is 0.102. The highest BCUT2D eigenvalue weighted by molar-refractivity contribution is 6.09. The molecular formula is C17H11N3O2. The van der Waals surface area contributed by atoms with Crippen LogP contribution in [0.4, 0.5) is 5.69 Å². The van der Waals surface area contributed by atoms with Crippen molar-refractivity contribution in [2.45, 2.75) is 0 Å². The molecule has 0 saturated heterocycles. The molecule has 22 heavy (non-hydrogen) atoms. The molecule has 3 rings (SSSR count). The van der Waals surface area contributed by atoms with E-state index in [-0.39, 0.29) is 11.3 Å². The second kappa shape index (κ2) is 5.54. The van der Waals surface area contributed by atoms with Crippen LogP contribution in [0, 0.1) is 11.3 Å². The van der Waals surface area contributed by atoms with Crippen molar-refractivity contribution in [2.24, 2.45) is 0 Å². The van der Waals surface area contributed by atoms with Gasteiger partial charge >= 0.3 is 0 Å². The molecule has 1 aromatic heterocycles. The zero-order valence-corrected chi connectivity index (χ0v) is 11.4. The fourth-order valence-corrected chi connectivity index (χ4v) is 2.19. The van der Waals surface area contributed by atoms with Crippen molar-refractivity contribution in [1.82, 2.24) is 4.98 Å². The highest BCUT2D eigenvalue weighted by atomic mass is 16.3. The molecular weight excluding hydrogens is 278 g/mol. The van der Waals surface area contributed by atoms with Gasteiger partial charge in [0.1, 0.15) is 11.6 Å². The van der Waals surface area contributed by atoms with Gasteiger partial charge < -0.3 is 10.4 Å². The van der Waals surface area contributed by atoms with E-state index in [4.69, 9.17) is 5.26 Å². The van der Waals surface area contributed by atoms with Gasteiger partial charge in [0, 0.05) is 11.6 Å². The van der Waals surface area contributed by atoms with Crippen LogP contribution in [0.15, 0.2) is 54.7 Å². The number of amides is 1. The van der Waals surface area contributed by atoms with Crippen LogP contribution in [-0.2, 0) is 0 Å². The first kappa shape index (κ1) is 13.6. The number of phenolic OH excluding ortho intramolecular Hbond substituents is 1. The first-order valence-electron chi connectivity index (χ1n) is 6.58. The molecule has 0 atom stereocenters. The lowest BCUT2D eigenvalue weighted by atomic mass is 10.1. The third kappa shape index (κ3) is 2.34. The standard InChI is InChI=1S/C17H11N3O2/c18-10-12-4-1-2-6-14(12)20-17(22)13-8-7-11-5-3-9-19-15(11)16(13)21/h1-9,21H,(H,20,22). The van der Waals surface area contributed by atoms with Crippen LogP contribution in [0.5, 0.6) is 5.75 Å². The number of hydrogen-bond donors (Lipinski definition) is 2. The summed E-state index contributed by atoms with van der Waals surface area (Å²) in [6.07, 6.45) is 1.55. The zero-order valence-electron chi connectivity index (χ0n) is 11.4. The maximum Gasteiger partial charge on any atom is 0.259 e. The van der Waals surface area contributed by atoms with Gasteiger partial charge in [-0.05, 0) is 24.3 Å². The number of phenols is 1. The smallest absolute Gasteiger partial charge is 0.259 e. The summed E-state index contributed by atoms with van der Waals surface area (Å²) >= 11 is 0. The second-order valence-corrected chi connectivity index (χ2v) is 4.65. The molecule has 0 fully saturated rings. The molecule has 0 saturated carbocycles. The summed E-state index contributed by atoms with van der Waals surface area (Å²) in [5.41, 5.74) is 1.23. The van der Waals surface area contributed by atoms with Gasteiger partial charge in [0.25, 0.3) is 5.91 Å². The highest BCUT2D eigenvalue weighted by Crippen LogP contribution is 2.27. The van der Waals surface area contributed by atoms with E-state index in [1.54, 1.807) is 48.7 Å². The number of benzene rings is 2. The lowest BCUT2D eigenvalue weighted by Crippen LogP contribution is -2.13. The fourth-order valence-electron chi connectivity index (χ4n) is 2.19. The molecule has 0 bridgehead atoms. The number of fused-ring (bicyclic) bond motifs is 1. The van der Waals surface area contributed by atoms with E-state index in [0.29, 0.717) is 16.8 Å². The maximum absolute atomic E-state index is 12.3. The largest absolute Gasteiger partial charge is 0.505 e. The number of para-hydroxylation sites is 1. The average Bonchev–Trinajstić information content (AvgIpc) is 2.56. The summed E-state index contributed by atoms with van der Waals surface area (Å²) in [7, 11) is 0. The van der Waals surface area contributed by atoms with Crippen LogP contribution in [-0.4, -0.2) is 16.0 Å². The predicted octanol–water partition coefficient (Wildman–Crippen LogP) is 3.06. The zero-order chi connectivity index (χ0) is 15.5. The molecule has 2 aromatic carbocycles. The van der Waals surface area contributed by atoms with Gasteiger partial charge in [-0.25, -0.2) is 0 Å². The first-order valence-corrected chi connectivity index (χ1v) is 6.58. The van der Waals surface area contributed by atoms with Crippen molar-refractivity contribution in [3.63, 3.8) is 0 Å². The number of anilines is 1. The van der Waals surface area contributed by atoms with E-state index < -0.39 is 5.91 Å². The lowest BCUT2D eigenvalue weighted by Gasteiger charge is -2.09. The Morgan fingerprint density at radius 2 is 1.95 bits per heavy atom. The summed E-state index contributed by atoms with van der Waals surface area (Å²) in [5, 5.41) is 22.7. The molecule has 1 heterocycles. The van der Waals surface area contributed by atoms with Gasteiger partial charge in [-0.15, -0.1) is 0 Å². The van der Waals surface area contributed by atoms with Gasteiger partial charge in [0.2, 0.25) is 0 Å². The van der Waals surface area contributed by atoms with Gasteiger partial charge in [-0.2, -0.15) is 5.26 Å². The van der Waals surface area contributed by atoms with Crippen LogP contribution in [0.3, 0.4) is 0 Å². The summed E-state index contributed by atoms with van der Waals surface area (Å²) in [6, 6.07) is 15.5. The molecule has 106 valence electrons. The quantitative estimate of drug-likeness (QED) is 0.759. The Morgan fingerprint density at radius 3 is 2.77 bits per heavy atom.